The van der Waals surface area contributed by atoms with Crippen LogP contribution in [-0.4, -0.2) is 12.5 Å². The zero-order chi connectivity index (χ0) is 14.4. The Hall–Kier alpha value is -2.09. The van der Waals surface area contributed by atoms with Gasteiger partial charge in [0.05, 0.1) is 6.42 Å². The summed E-state index contributed by atoms with van der Waals surface area (Å²) in [5, 5.41) is 2.97. The van der Waals surface area contributed by atoms with Gasteiger partial charge < -0.3 is 5.32 Å². The fourth-order valence-electron chi connectivity index (χ4n) is 2.17. The van der Waals surface area contributed by atoms with Crippen molar-refractivity contribution in [1.29, 1.82) is 0 Å². The molecule has 0 fully saturated rings. The molecule has 0 radical (unpaired) electrons. The van der Waals surface area contributed by atoms with Gasteiger partial charge in [0.25, 0.3) is 0 Å². The summed E-state index contributed by atoms with van der Waals surface area (Å²) in [5.41, 5.74) is 4.80. The summed E-state index contributed by atoms with van der Waals surface area (Å²) in [6.07, 6.45) is 1.33. The topological polar surface area (TPSA) is 29.1 Å². The van der Waals surface area contributed by atoms with Crippen LogP contribution in [0, 0.1) is 13.8 Å². The molecule has 2 aromatic carbocycles. The number of amides is 1. The first-order chi connectivity index (χ1) is 9.63. The lowest BCUT2D eigenvalue weighted by Gasteiger charge is -2.06. The van der Waals surface area contributed by atoms with Gasteiger partial charge in [-0.2, -0.15) is 0 Å². The van der Waals surface area contributed by atoms with Crippen molar-refractivity contribution in [3.63, 3.8) is 0 Å². The average molecular weight is 267 g/mol. The van der Waals surface area contributed by atoms with Gasteiger partial charge in [-0.05, 0) is 31.4 Å². The van der Waals surface area contributed by atoms with E-state index in [0.717, 1.165) is 12.0 Å². The van der Waals surface area contributed by atoms with Crippen LogP contribution < -0.4 is 5.32 Å². The Kier molecular flexibility index (Phi) is 4.94. The molecule has 2 rings (SSSR count). The summed E-state index contributed by atoms with van der Waals surface area (Å²) >= 11 is 0. The van der Waals surface area contributed by atoms with Gasteiger partial charge in [0.2, 0.25) is 5.91 Å². The molecule has 0 unspecified atom stereocenters. The number of rotatable bonds is 5. The Morgan fingerprint density at radius 3 is 2.40 bits per heavy atom. The molecule has 2 aromatic rings. The summed E-state index contributed by atoms with van der Waals surface area (Å²) in [6.45, 7) is 4.82. The van der Waals surface area contributed by atoms with E-state index in [-0.39, 0.29) is 5.91 Å². The monoisotopic (exact) mass is 267 g/mol. The molecule has 0 heterocycles. The van der Waals surface area contributed by atoms with Gasteiger partial charge in [0.15, 0.2) is 0 Å². The van der Waals surface area contributed by atoms with Crippen LogP contribution in [0.2, 0.25) is 0 Å². The molecule has 1 N–H and O–H groups in total. The van der Waals surface area contributed by atoms with Gasteiger partial charge in [-0.3, -0.25) is 4.79 Å². The van der Waals surface area contributed by atoms with Crippen LogP contribution in [0.4, 0.5) is 0 Å². The van der Waals surface area contributed by atoms with E-state index in [1.165, 1.54) is 16.7 Å². The first kappa shape index (κ1) is 14.3. The largest absolute Gasteiger partial charge is 0.355 e. The Bertz CT molecular complexity index is 572. The molecule has 0 aromatic heterocycles. The number of nitrogens with one attached hydrogen (secondary N) is 1. The van der Waals surface area contributed by atoms with Crippen molar-refractivity contribution < 1.29 is 4.79 Å². The van der Waals surface area contributed by atoms with Gasteiger partial charge in [0, 0.05) is 6.54 Å². The minimum absolute atomic E-state index is 0.0847. The molecule has 0 saturated heterocycles. The van der Waals surface area contributed by atoms with Crippen LogP contribution in [0.1, 0.15) is 22.3 Å². The Morgan fingerprint density at radius 1 is 0.950 bits per heavy atom. The molecule has 104 valence electrons. The molecule has 2 nitrogen and oxygen atoms in total. The van der Waals surface area contributed by atoms with E-state index in [2.05, 4.69) is 36.5 Å². The first-order valence-corrected chi connectivity index (χ1v) is 7.01. The number of aryl methyl sites for hydroxylation is 2. The van der Waals surface area contributed by atoms with Gasteiger partial charge in [-0.15, -0.1) is 0 Å². The highest BCUT2D eigenvalue weighted by Crippen LogP contribution is 2.05. The molecule has 20 heavy (non-hydrogen) atoms. The van der Waals surface area contributed by atoms with Crippen molar-refractivity contribution >= 4 is 5.91 Å². The Balaban J connectivity index is 1.76. The molecule has 0 spiro atoms. The van der Waals surface area contributed by atoms with Crippen molar-refractivity contribution in [2.45, 2.75) is 26.7 Å². The highest BCUT2D eigenvalue weighted by atomic mass is 16.1. The molecular formula is C18H21NO. The Labute approximate surface area is 120 Å². The zero-order valence-electron chi connectivity index (χ0n) is 12.1. The standard InChI is InChI=1S/C18H21NO/c1-14-6-8-17(9-7-14)13-18(20)19-11-10-16-5-3-4-15(2)12-16/h3-9,12H,10-11,13H2,1-2H3,(H,19,20). The second-order valence-corrected chi connectivity index (χ2v) is 5.25. The third kappa shape index (κ3) is 4.54. The van der Waals surface area contributed by atoms with E-state index in [9.17, 15) is 4.79 Å². The lowest BCUT2D eigenvalue weighted by molar-refractivity contribution is -0.120. The predicted octanol–water partition coefficient (Wildman–Crippen LogP) is 3.20. The third-order valence-corrected chi connectivity index (χ3v) is 3.30. The smallest absolute Gasteiger partial charge is 0.224 e. The number of hydrogen-bond acceptors (Lipinski definition) is 1. The second-order valence-electron chi connectivity index (χ2n) is 5.25. The fourth-order valence-corrected chi connectivity index (χ4v) is 2.17. The number of carbonyl (C=O) groups is 1. The van der Waals surface area contributed by atoms with E-state index in [4.69, 9.17) is 0 Å². The van der Waals surface area contributed by atoms with E-state index in [1.807, 2.05) is 31.2 Å². The summed E-state index contributed by atoms with van der Waals surface area (Å²) in [5.74, 6) is 0.0847. The average Bonchev–Trinajstić information content (AvgIpc) is 2.41. The molecule has 1 amide bonds. The van der Waals surface area contributed by atoms with Crippen molar-refractivity contribution in [3.8, 4) is 0 Å². The summed E-state index contributed by atoms with van der Waals surface area (Å²) in [7, 11) is 0. The predicted molar refractivity (Wildman–Crippen MR) is 82.8 cm³/mol. The van der Waals surface area contributed by atoms with Crippen molar-refractivity contribution in [3.05, 3.63) is 70.8 Å². The second kappa shape index (κ2) is 6.90. The molecular weight excluding hydrogens is 246 g/mol. The summed E-state index contributed by atoms with van der Waals surface area (Å²) < 4.78 is 0. The summed E-state index contributed by atoms with van der Waals surface area (Å²) in [4.78, 5) is 11.8. The van der Waals surface area contributed by atoms with E-state index >= 15 is 0 Å². The van der Waals surface area contributed by atoms with Crippen molar-refractivity contribution in [2.75, 3.05) is 6.54 Å². The third-order valence-electron chi connectivity index (χ3n) is 3.30. The number of hydrogen-bond donors (Lipinski definition) is 1. The van der Waals surface area contributed by atoms with Crippen molar-refractivity contribution in [1.82, 2.24) is 5.32 Å². The van der Waals surface area contributed by atoms with Crippen LogP contribution in [0.3, 0.4) is 0 Å². The lowest BCUT2D eigenvalue weighted by atomic mass is 10.1. The molecule has 0 bridgehead atoms. The SMILES string of the molecule is Cc1ccc(CC(=O)NCCc2cccc(C)c2)cc1. The van der Waals surface area contributed by atoms with E-state index in [1.54, 1.807) is 0 Å². The minimum Gasteiger partial charge on any atom is -0.355 e. The minimum atomic E-state index is 0.0847. The molecule has 0 atom stereocenters. The Morgan fingerprint density at radius 2 is 1.70 bits per heavy atom. The maximum absolute atomic E-state index is 11.8. The van der Waals surface area contributed by atoms with Gasteiger partial charge in [0.1, 0.15) is 0 Å². The van der Waals surface area contributed by atoms with Gasteiger partial charge in [-0.1, -0.05) is 59.7 Å². The van der Waals surface area contributed by atoms with E-state index in [0.29, 0.717) is 13.0 Å². The van der Waals surface area contributed by atoms with Crippen LogP contribution in [-0.2, 0) is 17.6 Å². The van der Waals surface area contributed by atoms with Crippen LogP contribution in [0.25, 0.3) is 0 Å². The lowest BCUT2D eigenvalue weighted by Crippen LogP contribution is -2.27. The number of benzene rings is 2. The number of carbonyl (C=O) groups excluding carboxylic acids is 1. The van der Waals surface area contributed by atoms with E-state index < -0.39 is 0 Å². The van der Waals surface area contributed by atoms with Crippen LogP contribution in [0.15, 0.2) is 48.5 Å². The molecule has 0 aliphatic heterocycles. The van der Waals surface area contributed by atoms with Crippen LogP contribution in [0.5, 0.6) is 0 Å². The quantitative estimate of drug-likeness (QED) is 0.885. The normalized spacial score (nSPS) is 10.3. The highest BCUT2D eigenvalue weighted by molar-refractivity contribution is 5.78. The maximum Gasteiger partial charge on any atom is 0.224 e. The highest BCUT2D eigenvalue weighted by Gasteiger charge is 2.02. The van der Waals surface area contributed by atoms with Crippen LogP contribution >= 0.6 is 0 Å². The summed E-state index contributed by atoms with van der Waals surface area (Å²) in [6, 6.07) is 16.5. The van der Waals surface area contributed by atoms with Gasteiger partial charge in [-0.25, -0.2) is 0 Å². The molecule has 0 aliphatic rings. The van der Waals surface area contributed by atoms with Gasteiger partial charge >= 0.3 is 0 Å². The maximum atomic E-state index is 11.8. The van der Waals surface area contributed by atoms with Crippen molar-refractivity contribution in [2.24, 2.45) is 0 Å². The molecule has 0 saturated carbocycles. The fraction of sp³-hybridized carbons (Fsp3) is 0.278. The molecule has 2 heteroatoms. The molecule has 0 aliphatic carbocycles. The zero-order valence-corrected chi connectivity index (χ0v) is 12.1. The first-order valence-electron chi connectivity index (χ1n) is 7.01.